The average molecular weight is 563 g/mol. The summed E-state index contributed by atoms with van der Waals surface area (Å²) in [4.78, 5) is 10.4. The lowest BCUT2D eigenvalue weighted by molar-refractivity contribution is 1.05. The van der Waals surface area contributed by atoms with Crippen molar-refractivity contribution in [2.75, 3.05) is 0 Å². The lowest BCUT2D eigenvalue weighted by Crippen LogP contribution is -2.04. The van der Waals surface area contributed by atoms with E-state index in [1.807, 2.05) is 30.5 Å². The highest BCUT2D eigenvalue weighted by atomic mass is 15.1. The Morgan fingerprint density at radius 3 is 1.55 bits per heavy atom. The molecular weight excluding hydrogens is 536 g/mol. The van der Waals surface area contributed by atoms with Crippen LogP contribution in [0.25, 0.3) is 77.6 Å². The third kappa shape index (κ3) is 3.64. The van der Waals surface area contributed by atoms with Crippen molar-refractivity contribution >= 4 is 43.6 Å². The van der Waals surface area contributed by atoms with Crippen molar-refractivity contribution in [2.24, 2.45) is 0 Å². The smallest absolute Gasteiger partial charge is 0.165 e. The van der Waals surface area contributed by atoms with E-state index < -0.39 is 0 Å². The number of aromatic nitrogens is 4. The van der Waals surface area contributed by atoms with Gasteiger partial charge in [-0.15, -0.1) is 0 Å². The molecule has 0 unspecified atom stereocenters. The molecule has 4 nitrogen and oxygen atoms in total. The first-order valence-corrected chi connectivity index (χ1v) is 14.9. The van der Waals surface area contributed by atoms with Crippen LogP contribution in [0.4, 0.5) is 0 Å². The highest BCUT2D eigenvalue weighted by Crippen LogP contribution is 2.43. The Labute approximate surface area is 254 Å². The Morgan fingerprint density at radius 1 is 0.409 bits per heavy atom. The lowest BCUT2D eigenvalue weighted by Gasteiger charge is -2.14. The van der Waals surface area contributed by atoms with E-state index in [0.29, 0.717) is 0 Å². The largest absolute Gasteiger partial charge is 0.309 e. The predicted octanol–water partition coefficient (Wildman–Crippen LogP) is 10.0. The minimum atomic E-state index is 0.815. The Hall–Kier alpha value is -6.00. The molecule has 6 aromatic carbocycles. The summed E-state index contributed by atoms with van der Waals surface area (Å²) >= 11 is 0. The van der Waals surface area contributed by atoms with Crippen LogP contribution in [0.1, 0.15) is 0 Å². The van der Waals surface area contributed by atoms with Gasteiger partial charge in [-0.25, -0.2) is 4.98 Å². The number of hydrogen-bond acceptors (Lipinski definition) is 2. The minimum Gasteiger partial charge on any atom is -0.309 e. The molecule has 0 spiro atoms. The van der Waals surface area contributed by atoms with E-state index in [-0.39, 0.29) is 0 Å². The van der Waals surface area contributed by atoms with Crippen molar-refractivity contribution in [1.29, 1.82) is 0 Å². The van der Waals surface area contributed by atoms with E-state index >= 15 is 0 Å². The van der Waals surface area contributed by atoms with Crippen molar-refractivity contribution in [2.45, 2.75) is 0 Å². The first-order valence-electron chi connectivity index (χ1n) is 14.9. The number of nitrogens with zero attached hydrogens (tertiary/aromatic N) is 4. The molecule has 4 heteroatoms. The zero-order valence-corrected chi connectivity index (χ0v) is 23.8. The SMILES string of the molecule is c1ccc(-c2cnc(-c3ccccc3)c(-n3c4ccccc4c4c5c6ccccc6n(-c6ccccc6)c5ccc43)n2)cc1. The molecule has 0 atom stereocenters. The lowest BCUT2D eigenvalue weighted by atomic mass is 10.1. The second-order valence-electron chi connectivity index (χ2n) is 11.1. The molecule has 206 valence electrons. The van der Waals surface area contributed by atoms with Gasteiger partial charge in [0.1, 0.15) is 5.69 Å². The number of hydrogen-bond donors (Lipinski definition) is 0. The average Bonchev–Trinajstić information content (AvgIpc) is 3.62. The fourth-order valence-corrected chi connectivity index (χ4v) is 6.68. The zero-order valence-electron chi connectivity index (χ0n) is 23.8. The maximum Gasteiger partial charge on any atom is 0.165 e. The molecule has 44 heavy (non-hydrogen) atoms. The van der Waals surface area contributed by atoms with Crippen LogP contribution in [-0.2, 0) is 0 Å². The fraction of sp³-hybridized carbons (Fsp3) is 0. The van der Waals surface area contributed by atoms with Crippen molar-refractivity contribution < 1.29 is 0 Å². The summed E-state index contributed by atoms with van der Waals surface area (Å²) in [5.74, 6) is 0.815. The van der Waals surface area contributed by atoms with Crippen LogP contribution in [0.15, 0.2) is 158 Å². The maximum atomic E-state index is 5.35. The van der Waals surface area contributed by atoms with Gasteiger partial charge in [0.05, 0.1) is 34.0 Å². The minimum absolute atomic E-state index is 0.815. The summed E-state index contributed by atoms with van der Waals surface area (Å²) in [6.45, 7) is 0. The molecule has 9 rings (SSSR count). The van der Waals surface area contributed by atoms with Gasteiger partial charge < -0.3 is 4.57 Å². The van der Waals surface area contributed by atoms with E-state index in [4.69, 9.17) is 9.97 Å². The van der Waals surface area contributed by atoms with Gasteiger partial charge >= 0.3 is 0 Å². The first-order chi connectivity index (χ1) is 21.9. The van der Waals surface area contributed by atoms with E-state index in [1.165, 1.54) is 32.6 Å². The maximum absolute atomic E-state index is 5.35. The van der Waals surface area contributed by atoms with Crippen LogP contribution < -0.4 is 0 Å². The summed E-state index contributed by atoms with van der Waals surface area (Å²) in [7, 11) is 0. The molecule has 0 bridgehead atoms. The monoisotopic (exact) mass is 562 g/mol. The normalized spacial score (nSPS) is 11.6. The van der Waals surface area contributed by atoms with Crippen LogP contribution in [0.5, 0.6) is 0 Å². The van der Waals surface area contributed by atoms with E-state index in [1.54, 1.807) is 0 Å². The third-order valence-electron chi connectivity index (χ3n) is 8.57. The van der Waals surface area contributed by atoms with Crippen LogP contribution in [0, 0.1) is 0 Å². The quantitative estimate of drug-likeness (QED) is 0.214. The summed E-state index contributed by atoms with van der Waals surface area (Å²) in [5.41, 5.74) is 9.48. The molecule has 3 heterocycles. The summed E-state index contributed by atoms with van der Waals surface area (Å²) in [5, 5.41) is 4.88. The van der Waals surface area contributed by atoms with Crippen molar-refractivity contribution in [3.8, 4) is 34.0 Å². The second kappa shape index (κ2) is 9.79. The molecule has 0 saturated carbocycles. The molecule has 3 aromatic heterocycles. The summed E-state index contributed by atoms with van der Waals surface area (Å²) in [6, 6.07) is 53.2. The van der Waals surface area contributed by atoms with Crippen molar-refractivity contribution in [3.05, 3.63) is 158 Å². The van der Waals surface area contributed by atoms with Crippen LogP contribution in [0.2, 0.25) is 0 Å². The van der Waals surface area contributed by atoms with Gasteiger partial charge in [-0.1, -0.05) is 115 Å². The van der Waals surface area contributed by atoms with E-state index in [9.17, 15) is 0 Å². The zero-order chi connectivity index (χ0) is 29.0. The van der Waals surface area contributed by atoms with Crippen molar-refractivity contribution in [3.63, 3.8) is 0 Å². The Balaban J connectivity index is 1.44. The highest BCUT2D eigenvalue weighted by molar-refractivity contribution is 6.28. The topological polar surface area (TPSA) is 35.6 Å². The molecule has 0 saturated heterocycles. The van der Waals surface area contributed by atoms with E-state index in [0.717, 1.165) is 45.1 Å². The molecule has 0 aliphatic heterocycles. The summed E-state index contributed by atoms with van der Waals surface area (Å²) in [6.07, 6.45) is 1.89. The van der Waals surface area contributed by atoms with Gasteiger partial charge in [0.15, 0.2) is 5.82 Å². The van der Waals surface area contributed by atoms with Gasteiger partial charge in [-0.2, -0.15) is 0 Å². The van der Waals surface area contributed by atoms with Crippen LogP contribution in [0.3, 0.4) is 0 Å². The number of benzene rings is 6. The number of fused-ring (bicyclic) bond motifs is 7. The van der Waals surface area contributed by atoms with Gasteiger partial charge in [-0.3, -0.25) is 9.55 Å². The molecule has 0 fully saturated rings. The Kier molecular flexibility index (Phi) is 5.47. The molecular formula is C40H26N4. The highest BCUT2D eigenvalue weighted by Gasteiger charge is 2.23. The van der Waals surface area contributed by atoms with Crippen LogP contribution in [-0.4, -0.2) is 19.1 Å². The molecule has 0 amide bonds. The fourth-order valence-electron chi connectivity index (χ4n) is 6.68. The molecule has 9 aromatic rings. The Morgan fingerprint density at radius 2 is 0.909 bits per heavy atom. The number of rotatable bonds is 4. The van der Waals surface area contributed by atoms with E-state index in [2.05, 4.69) is 137 Å². The summed E-state index contributed by atoms with van der Waals surface area (Å²) < 4.78 is 4.68. The van der Waals surface area contributed by atoms with Crippen molar-refractivity contribution in [1.82, 2.24) is 19.1 Å². The van der Waals surface area contributed by atoms with Gasteiger partial charge in [-0.05, 0) is 36.4 Å². The van der Waals surface area contributed by atoms with Gasteiger partial charge in [0, 0.05) is 38.4 Å². The molecule has 0 N–H and O–H groups in total. The second-order valence-corrected chi connectivity index (χ2v) is 11.1. The standard InChI is InChI=1S/C40H26N4/c1-4-14-27(15-5-1)32-26-41-39(28-16-6-2-7-17-28)40(42-32)44-34-23-13-11-21-31(34)38-36(44)25-24-35-37(38)30-20-10-12-22-33(30)43(35)29-18-8-3-9-19-29/h1-26H. The molecule has 0 aliphatic carbocycles. The van der Waals surface area contributed by atoms with Crippen LogP contribution >= 0.6 is 0 Å². The third-order valence-corrected chi connectivity index (χ3v) is 8.57. The first kappa shape index (κ1) is 24.6. The van der Waals surface area contributed by atoms with Gasteiger partial charge in [0.25, 0.3) is 0 Å². The predicted molar refractivity (Wildman–Crippen MR) is 182 cm³/mol. The number of para-hydroxylation sites is 3. The van der Waals surface area contributed by atoms with Gasteiger partial charge in [0.2, 0.25) is 0 Å². The molecule has 0 radical (unpaired) electrons. The molecule has 0 aliphatic rings. The Bertz CT molecular complexity index is 2470.